The molecule has 1 aromatic heterocycles. The highest BCUT2D eigenvalue weighted by Crippen LogP contribution is 2.44. The van der Waals surface area contributed by atoms with Crippen LogP contribution in [-0.2, 0) is 42.0 Å². The average molecular weight is 627 g/mol. The van der Waals surface area contributed by atoms with E-state index >= 15 is 0 Å². The van der Waals surface area contributed by atoms with Crippen molar-refractivity contribution in [3.05, 3.63) is 86.7 Å². The molecule has 0 atom stereocenters. The van der Waals surface area contributed by atoms with Gasteiger partial charge in [0.2, 0.25) is 0 Å². The van der Waals surface area contributed by atoms with Gasteiger partial charge in [0.15, 0.2) is 5.78 Å². The summed E-state index contributed by atoms with van der Waals surface area (Å²) in [4.78, 5) is 40.3. The monoisotopic (exact) mass is 626 g/mol. The second-order valence-electron chi connectivity index (χ2n) is 9.84. The first-order valence-electron chi connectivity index (χ1n) is 12.9. The minimum Gasteiger partial charge on any atom is -0.462 e. The van der Waals surface area contributed by atoms with Gasteiger partial charge >= 0.3 is 5.97 Å². The zero-order valence-corrected chi connectivity index (χ0v) is 25.1. The molecule has 0 spiro atoms. The molecule has 12 nitrogen and oxygen atoms in total. The summed E-state index contributed by atoms with van der Waals surface area (Å²) in [5.74, 6) is -2.24. The number of hydrogen-bond donors (Lipinski definition) is 2. The molecule has 43 heavy (non-hydrogen) atoms. The molecule has 0 amide bonds. The van der Waals surface area contributed by atoms with Crippen molar-refractivity contribution in [2.24, 2.45) is 7.05 Å². The van der Waals surface area contributed by atoms with Gasteiger partial charge in [-0.1, -0.05) is 24.3 Å². The smallest absolute Gasteiger partial charge is 0.344 e. The fourth-order valence-electron chi connectivity index (χ4n) is 5.34. The molecule has 1 heterocycles. The maximum atomic E-state index is 14.0. The van der Waals surface area contributed by atoms with Crippen LogP contribution < -0.4 is 10.9 Å². The van der Waals surface area contributed by atoms with Crippen LogP contribution in [0, 0.1) is 6.92 Å². The lowest BCUT2D eigenvalue weighted by atomic mass is 9.81. The molecule has 0 saturated heterocycles. The molecule has 3 aromatic carbocycles. The van der Waals surface area contributed by atoms with E-state index in [1.807, 2.05) is 0 Å². The Morgan fingerprint density at radius 3 is 2.28 bits per heavy atom. The van der Waals surface area contributed by atoms with E-state index < -0.39 is 43.3 Å². The lowest BCUT2D eigenvalue weighted by Gasteiger charge is -2.26. The van der Waals surface area contributed by atoms with E-state index in [1.54, 1.807) is 37.3 Å². The van der Waals surface area contributed by atoms with Crippen LogP contribution in [0.15, 0.2) is 58.2 Å². The van der Waals surface area contributed by atoms with E-state index in [-0.39, 0.29) is 56.3 Å². The summed E-state index contributed by atoms with van der Waals surface area (Å²) in [7, 11) is -6.44. The van der Waals surface area contributed by atoms with Crippen molar-refractivity contribution in [3.63, 3.8) is 0 Å². The normalized spacial score (nSPS) is 12.7. The van der Waals surface area contributed by atoms with Crippen LogP contribution in [0.3, 0.4) is 0 Å². The van der Waals surface area contributed by atoms with Crippen LogP contribution in [0.25, 0.3) is 22.0 Å². The van der Waals surface area contributed by atoms with Crippen LogP contribution in [0.2, 0.25) is 0 Å². The molecule has 0 saturated carbocycles. The number of carbonyl (C=O) groups is 2. The molecule has 0 fully saturated rings. The predicted molar refractivity (Wildman–Crippen MR) is 158 cm³/mol. The van der Waals surface area contributed by atoms with Crippen molar-refractivity contribution in [2.75, 3.05) is 19.0 Å². The molecule has 5 rings (SSSR count). The van der Waals surface area contributed by atoms with Gasteiger partial charge in [-0.25, -0.2) is 4.79 Å². The Morgan fingerprint density at radius 1 is 0.977 bits per heavy atom. The number of anilines is 2. The van der Waals surface area contributed by atoms with E-state index in [0.717, 1.165) is 13.2 Å². The molecule has 0 unspecified atom stereocenters. The number of aryl methyl sites for hydroxylation is 2. The Hall–Kier alpha value is -4.37. The Morgan fingerprint density at radius 2 is 1.65 bits per heavy atom. The largest absolute Gasteiger partial charge is 0.462 e. The highest BCUT2D eigenvalue weighted by molar-refractivity contribution is 7.86. The maximum Gasteiger partial charge on any atom is 0.344 e. The van der Waals surface area contributed by atoms with Crippen LogP contribution >= 0.6 is 0 Å². The van der Waals surface area contributed by atoms with Crippen molar-refractivity contribution in [1.82, 2.24) is 4.57 Å². The molecule has 1 aliphatic carbocycles. The second-order valence-corrected chi connectivity index (χ2v) is 13.0. The summed E-state index contributed by atoms with van der Waals surface area (Å²) in [5.41, 5.74) is 0.759. The van der Waals surface area contributed by atoms with E-state index in [9.17, 15) is 35.8 Å². The number of benzene rings is 3. The number of ketones is 1. The van der Waals surface area contributed by atoms with Gasteiger partial charge in [0.1, 0.15) is 11.3 Å². The zero-order valence-electron chi connectivity index (χ0n) is 23.4. The van der Waals surface area contributed by atoms with Crippen LogP contribution in [-0.4, -0.2) is 51.4 Å². The van der Waals surface area contributed by atoms with E-state index in [4.69, 9.17) is 4.74 Å². The molecule has 14 heteroatoms. The molecule has 0 radical (unpaired) electrons. The number of fused-ring (bicyclic) bond motifs is 2. The summed E-state index contributed by atoms with van der Waals surface area (Å²) < 4.78 is 69.5. The van der Waals surface area contributed by atoms with Crippen molar-refractivity contribution < 1.29 is 39.9 Å². The van der Waals surface area contributed by atoms with Crippen molar-refractivity contribution in [2.45, 2.75) is 24.5 Å². The number of ether oxygens (including phenoxy) is 1. The number of pyridine rings is 1. The van der Waals surface area contributed by atoms with Crippen LogP contribution in [0.1, 0.15) is 44.3 Å². The number of aromatic nitrogens is 1. The van der Waals surface area contributed by atoms with Gasteiger partial charge in [-0.15, -0.1) is 0 Å². The van der Waals surface area contributed by atoms with Crippen LogP contribution in [0.4, 0.5) is 11.4 Å². The van der Waals surface area contributed by atoms with Crippen LogP contribution in [0.5, 0.6) is 0 Å². The van der Waals surface area contributed by atoms with Crippen molar-refractivity contribution in [1.29, 1.82) is 0 Å². The fourth-order valence-corrected chi connectivity index (χ4v) is 6.89. The van der Waals surface area contributed by atoms with Crippen molar-refractivity contribution >= 4 is 54.3 Å². The van der Waals surface area contributed by atoms with Crippen molar-refractivity contribution in [3.8, 4) is 11.1 Å². The first-order valence-corrected chi connectivity index (χ1v) is 15.9. The summed E-state index contributed by atoms with van der Waals surface area (Å²) in [6.07, 6.45) is 0. The molecular formula is C29H26N2O10S2. The maximum absolute atomic E-state index is 14.0. The molecule has 2 N–H and O–H groups in total. The van der Waals surface area contributed by atoms with Gasteiger partial charge in [0.25, 0.3) is 25.8 Å². The highest BCUT2D eigenvalue weighted by Gasteiger charge is 2.34. The number of hydrogen-bond acceptors (Lipinski definition) is 10. The van der Waals surface area contributed by atoms with E-state index in [2.05, 4.69) is 9.50 Å². The first-order chi connectivity index (χ1) is 20.2. The second kappa shape index (κ2) is 10.7. The number of rotatable bonds is 8. The van der Waals surface area contributed by atoms with Gasteiger partial charge in [0.05, 0.1) is 35.4 Å². The Labute approximate surface area is 246 Å². The number of carbonyl (C=O) groups excluding carboxylic acids is 2. The third-order valence-corrected chi connectivity index (χ3v) is 9.30. The average Bonchev–Trinajstić information content (AvgIpc) is 2.94. The molecule has 1 aliphatic rings. The highest BCUT2D eigenvalue weighted by atomic mass is 32.2. The van der Waals surface area contributed by atoms with Gasteiger partial charge in [-0.2, -0.15) is 16.8 Å². The molecule has 4 aromatic rings. The lowest BCUT2D eigenvalue weighted by molar-refractivity contribution is 0.0524. The zero-order chi connectivity index (χ0) is 31.4. The summed E-state index contributed by atoms with van der Waals surface area (Å²) in [6, 6.07) is 12.0. The quantitative estimate of drug-likeness (QED) is 0.146. The first kappa shape index (κ1) is 30.1. The Bertz CT molecular complexity index is 2150. The topological polar surface area (TPSA) is 175 Å². The molecule has 0 bridgehead atoms. The minimum absolute atomic E-state index is 0.0131. The van der Waals surface area contributed by atoms with Gasteiger partial charge < -0.3 is 14.6 Å². The SMILES string of the molecule is CCOC(=O)c1c2c3c(c(Nc4cc(C)c(S(=O)(=O)OC)cc4CS(=O)(=O)O)ccc3n(C)c1=O)C(=O)c1ccccc1-2. The standard InChI is InChI=1S/C29H26N2O10S2/c1-5-41-29(34)26-23-17-8-6-7-9-18(17)27(32)24-19(10-11-21(25(23)24)31(3)28(26)33)30-20-12-15(2)22(43(38,39)40-4)13-16(20)14-42(35,36)37/h6-13,30H,5,14H2,1-4H3,(H,35,36,37). The number of nitrogens with zero attached hydrogens (tertiary/aromatic N) is 1. The lowest BCUT2D eigenvalue weighted by Crippen LogP contribution is -2.29. The Balaban J connectivity index is 1.85. The third kappa shape index (κ3) is 5.12. The predicted octanol–water partition coefficient (Wildman–Crippen LogP) is 3.70. The number of esters is 1. The number of nitrogens with one attached hydrogen (secondary N) is 1. The fraction of sp³-hybridized carbons (Fsp3) is 0.207. The minimum atomic E-state index is -4.63. The molecular weight excluding hydrogens is 600 g/mol. The Kier molecular flexibility index (Phi) is 7.50. The third-order valence-electron chi connectivity index (χ3n) is 7.21. The van der Waals surface area contributed by atoms with E-state index in [0.29, 0.717) is 16.5 Å². The van der Waals surface area contributed by atoms with Gasteiger partial charge in [-0.3, -0.25) is 18.3 Å². The summed E-state index contributed by atoms with van der Waals surface area (Å²) in [5, 5.41) is 3.34. The van der Waals surface area contributed by atoms with Gasteiger partial charge in [0, 0.05) is 29.2 Å². The molecule has 0 aliphatic heterocycles. The summed E-state index contributed by atoms with van der Waals surface area (Å²) in [6.45, 7) is 3.09. The summed E-state index contributed by atoms with van der Waals surface area (Å²) >= 11 is 0. The molecule has 224 valence electrons. The van der Waals surface area contributed by atoms with E-state index in [1.165, 1.54) is 30.7 Å². The van der Waals surface area contributed by atoms with Gasteiger partial charge in [-0.05, 0) is 54.8 Å².